The average molecular weight is 418 g/mol. The van der Waals surface area contributed by atoms with Crippen molar-refractivity contribution in [2.24, 2.45) is 5.92 Å². The van der Waals surface area contributed by atoms with E-state index in [4.69, 9.17) is 23.2 Å². The van der Waals surface area contributed by atoms with Gasteiger partial charge in [0.2, 0.25) is 5.95 Å². The van der Waals surface area contributed by atoms with Crippen LogP contribution in [-0.2, 0) is 0 Å². The summed E-state index contributed by atoms with van der Waals surface area (Å²) in [7, 11) is 0. The van der Waals surface area contributed by atoms with Gasteiger partial charge in [-0.2, -0.15) is 4.98 Å². The minimum Gasteiger partial charge on any atom is -0.394 e. The second kappa shape index (κ2) is 9.19. The van der Waals surface area contributed by atoms with E-state index in [0.717, 1.165) is 11.4 Å². The topological polar surface area (TPSA) is 83.0 Å². The Morgan fingerprint density at radius 3 is 2.46 bits per heavy atom. The van der Waals surface area contributed by atoms with E-state index in [1.807, 2.05) is 38.1 Å². The second-order valence-electron chi connectivity index (χ2n) is 6.61. The molecule has 6 nitrogen and oxygen atoms in total. The lowest BCUT2D eigenvalue weighted by molar-refractivity contribution is 0.248. The first-order valence-electron chi connectivity index (χ1n) is 8.86. The summed E-state index contributed by atoms with van der Waals surface area (Å²) in [4.78, 5) is 13.5. The first-order valence-corrected chi connectivity index (χ1v) is 9.62. The van der Waals surface area contributed by atoms with Crippen LogP contribution in [0.15, 0.2) is 48.7 Å². The second-order valence-corrected chi connectivity index (χ2v) is 7.42. The van der Waals surface area contributed by atoms with Crippen LogP contribution in [0.1, 0.15) is 13.8 Å². The molecule has 0 unspecified atom stereocenters. The molecular weight excluding hydrogens is 397 g/mol. The monoisotopic (exact) mass is 417 g/mol. The Kier molecular flexibility index (Phi) is 6.67. The summed E-state index contributed by atoms with van der Waals surface area (Å²) in [5.41, 5.74) is 2.12. The lowest BCUT2D eigenvalue weighted by Gasteiger charge is -2.20. The summed E-state index contributed by atoms with van der Waals surface area (Å²) < 4.78 is 0. The van der Waals surface area contributed by atoms with E-state index < -0.39 is 0 Å². The fraction of sp³-hybridized carbons (Fsp3) is 0.250. The van der Waals surface area contributed by atoms with Crippen molar-refractivity contribution < 1.29 is 5.11 Å². The molecule has 8 heteroatoms. The van der Waals surface area contributed by atoms with Gasteiger partial charge in [-0.1, -0.05) is 43.1 Å². The Labute approximate surface area is 174 Å². The van der Waals surface area contributed by atoms with Crippen LogP contribution in [0, 0.1) is 5.92 Å². The van der Waals surface area contributed by atoms with Crippen molar-refractivity contribution in [3.63, 3.8) is 0 Å². The third-order valence-electron chi connectivity index (χ3n) is 4.16. The molecule has 3 N–H and O–H groups in total. The smallest absolute Gasteiger partial charge is 0.225 e. The van der Waals surface area contributed by atoms with Gasteiger partial charge in [-0.3, -0.25) is 4.98 Å². The van der Waals surface area contributed by atoms with Gasteiger partial charge in [0.1, 0.15) is 5.82 Å². The molecule has 3 rings (SSSR count). The Morgan fingerprint density at radius 2 is 1.82 bits per heavy atom. The summed E-state index contributed by atoms with van der Waals surface area (Å²) in [6, 6.07) is 12.5. The highest BCUT2D eigenvalue weighted by Crippen LogP contribution is 2.28. The minimum absolute atomic E-state index is 0.0234. The van der Waals surface area contributed by atoms with E-state index in [1.165, 1.54) is 0 Å². The molecule has 28 heavy (non-hydrogen) atoms. The molecule has 0 bridgehead atoms. The highest BCUT2D eigenvalue weighted by Gasteiger charge is 2.15. The van der Waals surface area contributed by atoms with Gasteiger partial charge < -0.3 is 15.7 Å². The van der Waals surface area contributed by atoms with E-state index in [0.29, 0.717) is 27.5 Å². The largest absolute Gasteiger partial charge is 0.394 e. The van der Waals surface area contributed by atoms with Crippen LogP contribution < -0.4 is 10.6 Å². The number of rotatable bonds is 7. The number of hydrogen-bond acceptors (Lipinski definition) is 6. The van der Waals surface area contributed by atoms with Gasteiger partial charge in [0.25, 0.3) is 0 Å². The Balaban J connectivity index is 1.97. The summed E-state index contributed by atoms with van der Waals surface area (Å²) in [5, 5.41) is 17.0. The molecule has 0 aliphatic heterocycles. The maximum Gasteiger partial charge on any atom is 0.225 e. The molecule has 3 aromatic rings. The molecule has 0 saturated heterocycles. The first-order chi connectivity index (χ1) is 13.5. The summed E-state index contributed by atoms with van der Waals surface area (Å²) in [6.45, 7) is 4.01. The molecule has 0 aliphatic rings. The van der Waals surface area contributed by atoms with Crippen LogP contribution in [-0.4, -0.2) is 32.7 Å². The maximum atomic E-state index is 9.63. The van der Waals surface area contributed by atoms with Crippen LogP contribution in [0.3, 0.4) is 0 Å². The lowest BCUT2D eigenvalue weighted by Crippen LogP contribution is -2.30. The zero-order valence-electron chi connectivity index (χ0n) is 15.5. The molecule has 0 amide bonds. The van der Waals surface area contributed by atoms with E-state index in [9.17, 15) is 5.11 Å². The van der Waals surface area contributed by atoms with Crippen LogP contribution in [0.2, 0.25) is 10.0 Å². The zero-order chi connectivity index (χ0) is 20.1. The van der Waals surface area contributed by atoms with E-state index in [-0.39, 0.29) is 18.6 Å². The van der Waals surface area contributed by atoms with Gasteiger partial charge in [-0.25, -0.2) is 4.98 Å². The zero-order valence-corrected chi connectivity index (χ0v) is 17.0. The fourth-order valence-corrected chi connectivity index (χ4v) is 2.83. The predicted octanol–water partition coefficient (Wildman–Crippen LogP) is 5.02. The van der Waals surface area contributed by atoms with Crippen molar-refractivity contribution in [2.45, 2.75) is 19.9 Å². The number of pyridine rings is 1. The first kappa shape index (κ1) is 20.3. The highest BCUT2D eigenvalue weighted by atomic mass is 35.5. The van der Waals surface area contributed by atoms with E-state index >= 15 is 0 Å². The number of aliphatic hydroxyl groups is 1. The van der Waals surface area contributed by atoms with Crippen molar-refractivity contribution in [3.8, 4) is 11.4 Å². The van der Waals surface area contributed by atoms with E-state index in [2.05, 4.69) is 25.6 Å². The van der Waals surface area contributed by atoms with E-state index in [1.54, 1.807) is 24.4 Å². The fourth-order valence-electron chi connectivity index (χ4n) is 2.53. The molecule has 2 heterocycles. The molecule has 2 aromatic heterocycles. The summed E-state index contributed by atoms with van der Waals surface area (Å²) in [6.07, 6.45) is 1.71. The number of nitrogens with one attached hydrogen (secondary N) is 2. The quantitative estimate of drug-likeness (QED) is 0.500. The lowest BCUT2D eigenvalue weighted by atomic mass is 10.1. The van der Waals surface area contributed by atoms with Gasteiger partial charge in [-0.15, -0.1) is 0 Å². The summed E-state index contributed by atoms with van der Waals surface area (Å²) >= 11 is 12.1. The molecule has 0 saturated carbocycles. The third kappa shape index (κ3) is 5.10. The number of hydrogen-bond donors (Lipinski definition) is 3. The number of benzene rings is 1. The van der Waals surface area contributed by atoms with Crippen molar-refractivity contribution in [1.29, 1.82) is 0 Å². The van der Waals surface area contributed by atoms with Crippen molar-refractivity contribution in [3.05, 3.63) is 58.7 Å². The summed E-state index contributed by atoms with van der Waals surface area (Å²) in [5.74, 6) is 1.18. The maximum absolute atomic E-state index is 9.63. The van der Waals surface area contributed by atoms with Gasteiger partial charge in [0.15, 0.2) is 0 Å². The molecular formula is C20H21Cl2N5O. The van der Waals surface area contributed by atoms with Gasteiger partial charge >= 0.3 is 0 Å². The standard InChI is InChI=1S/C20H21Cl2N5O/c1-12(2)18(11-28)26-20-25-17(16-5-3-4-8-23-16)10-19(27-20)24-13-6-7-14(21)15(22)9-13/h3-10,12,18,28H,11H2,1-2H3,(H2,24,25,26,27)/t18-/m0/s1. The highest BCUT2D eigenvalue weighted by molar-refractivity contribution is 6.42. The van der Waals surface area contributed by atoms with Gasteiger partial charge in [-0.05, 0) is 36.2 Å². The molecule has 0 aliphatic carbocycles. The Bertz CT molecular complexity index is 937. The van der Waals surface area contributed by atoms with Crippen molar-refractivity contribution >= 4 is 40.7 Å². The predicted molar refractivity (Wildman–Crippen MR) is 114 cm³/mol. The Hall–Kier alpha value is -2.41. The van der Waals surface area contributed by atoms with Crippen LogP contribution in [0.4, 0.5) is 17.5 Å². The average Bonchev–Trinajstić information content (AvgIpc) is 2.69. The number of halogens is 2. The van der Waals surface area contributed by atoms with Crippen LogP contribution in [0.25, 0.3) is 11.4 Å². The number of aromatic nitrogens is 3. The SMILES string of the molecule is CC(C)[C@H](CO)Nc1nc(Nc2ccc(Cl)c(Cl)c2)cc(-c2ccccn2)n1. The number of aliphatic hydroxyl groups excluding tert-OH is 1. The normalized spacial score (nSPS) is 12.1. The van der Waals surface area contributed by atoms with Gasteiger partial charge in [0.05, 0.1) is 34.1 Å². The third-order valence-corrected chi connectivity index (χ3v) is 4.90. The van der Waals surface area contributed by atoms with Gasteiger partial charge in [0, 0.05) is 18.0 Å². The molecule has 1 aromatic carbocycles. The van der Waals surface area contributed by atoms with Crippen molar-refractivity contribution in [2.75, 3.05) is 17.2 Å². The molecule has 0 spiro atoms. The number of nitrogens with zero attached hydrogens (tertiary/aromatic N) is 3. The molecule has 0 radical (unpaired) electrons. The molecule has 146 valence electrons. The minimum atomic E-state index is -0.170. The Morgan fingerprint density at radius 1 is 1.00 bits per heavy atom. The van der Waals surface area contributed by atoms with Crippen molar-refractivity contribution in [1.82, 2.24) is 15.0 Å². The number of anilines is 3. The van der Waals surface area contributed by atoms with Crippen LogP contribution >= 0.6 is 23.2 Å². The molecule has 1 atom stereocenters. The van der Waals surface area contributed by atoms with Crippen LogP contribution in [0.5, 0.6) is 0 Å². The molecule has 0 fully saturated rings.